The van der Waals surface area contributed by atoms with Crippen molar-refractivity contribution in [3.8, 4) is 5.75 Å². The molecule has 3 aromatic carbocycles. The number of rotatable bonds is 7. The summed E-state index contributed by atoms with van der Waals surface area (Å²) in [5, 5.41) is 18.4. The number of nitrogens with one attached hydrogen (secondary N) is 2. The summed E-state index contributed by atoms with van der Waals surface area (Å²) in [4.78, 5) is 51.5. The Morgan fingerprint density at radius 1 is 1.14 bits per heavy atom. The minimum absolute atomic E-state index is 0.0236. The second-order valence-corrected chi connectivity index (χ2v) is 10.7. The maximum atomic E-state index is 15.5. The van der Waals surface area contributed by atoms with Crippen LogP contribution in [-0.2, 0) is 15.1 Å². The number of carbonyl (C=O) groups excluding carboxylic acids is 3. The van der Waals surface area contributed by atoms with E-state index in [9.17, 15) is 24.5 Å². The number of nitro groups is 1. The Morgan fingerprint density at radius 3 is 2.52 bits per heavy atom. The van der Waals surface area contributed by atoms with Crippen LogP contribution in [0.2, 0.25) is 10.0 Å². The summed E-state index contributed by atoms with van der Waals surface area (Å²) in [6.07, 6.45) is -0.521. The maximum absolute atomic E-state index is 15.5. The molecule has 0 aliphatic carbocycles. The fraction of sp³-hybridized carbons (Fsp3) is 0.250. The molecular formula is C28H23Cl2FN4O7. The lowest BCUT2D eigenvalue weighted by molar-refractivity contribution is -0.526. The lowest BCUT2D eigenvalue weighted by Crippen LogP contribution is -2.49. The number of hydrogen-bond donors (Lipinski definition) is 3. The zero-order chi connectivity index (χ0) is 30.5. The molecule has 2 heterocycles. The van der Waals surface area contributed by atoms with Crippen molar-refractivity contribution >= 4 is 52.2 Å². The predicted octanol–water partition coefficient (Wildman–Crippen LogP) is 4.33. The zero-order valence-corrected chi connectivity index (χ0v) is 23.6. The van der Waals surface area contributed by atoms with E-state index in [2.05, 4.69) is 10.6 Å². The van der Waals surface area contributed by atoms with Crippen molar-refractivity contribution in [3.05, 3.63) is 96.8 Å². The first-order valence-corrected chi connectivity index (χ1v) is 13.3. The summed E-state index contributed by atoms with van der Waals surface area (Å²) >= 11 is 12.2. The van der Waals surface area contributed by atoms with Crippen molar-refractivity contribution in [2.75, 3.05) is 25.3 Å². The number of fused-ring (bicyclic) bond motifs is 2. The van der Waals surface area contributed by atoms with Gasteiger partial charge in [-0.3, -0.25) is 25.0 Å². The van der Waals surface area contributed by atoms with E-state index in [0.717, 1.165) is 0 Å². The highest BCUT2D eigenvalue weighted by atomic mass is 35.5. The van der Waals surface area contributed by atoms with Crippen LogP contribution in [0, 0.1) is 15.9 Å². The average Bonchev–Trinajstić information content (AvgIpc) is 3.42. The smallest absolute Gasteiger partial charge is 0.341 e. The van der Waals surface area contributed by atoms with Crippen molar-refractivity contribution in [1.29, 1.82) is 0 Å². The van der Waals surface area contributed by atoms with E-state index in [1.165, 1.54) is 62.8 Å². The molecular weight excluding hydrogens is 594 g/mol. The van der Waals surface area contributed by atoms with Crippen LogP contribution in [0.4, 0.5) is 15.8 Å². The van der Waals surface area contributed by atoms with Gasteiger partial charge in [-0.2, -0.15) is 0 Å². The van der Waals surface area contributed by atoms with Gasteiger partial charge in [0.2, 0.25) is 11.9 Å². The molecule has 11 nitrogen and oxygen atoms in total. The second-order valence-electron chi connectivity index (χ2n) is 9.83. The Balaban J connectivity index is 1.64. The molecule has 5 rings (SSSR count). The Morgan fingerprint density at radius 2 is 1.86 bits per heavy atom. The van der Waals surface area contributed by atoms with E-state index >= 15 is 4.39 Å². The van der Waals surface area contributed by atoms with Crippen LogP contribution >= 0.6 is 23.2 Å². The molecule has 42 heavy (non-hydrogen) atoms. The van der Waals surface area contributed by atoms with Gasteiger partial charge in [-0.15, -0.1) is 0 Å². The molecule has 4 N–H and O–H groups in total. The molecule has 0 bridgehead atoms. The number of methoxy groups -OCH3 is 2. The summed E-state index contributed by atoms with van der Waals surface area (Å²) in [5.74, 6) is -4.54. The third-order valence-corrected chi connectivity index (χ3v) is 8.24. The number of hydrogen-bond acceptors (Lipinski definition) is 9. The number of esters is 1. The normalized spacial score (nSPS) is 22.5. The first kappa shape index (κ1) is 29.2. The Hall–Kier alpha value is -4.26. The van der Waals surface area contributed by atoms with E-state index < -0.39 is 58.4 Å². The monoisotopic (exact) mass is 616 g/mol. The number of Topliss-reactive ketones (excluding diaryl/α,β-unsaturated/α-hetero) is 1. The third-order valence-electron chi connectivity index (χ3n) is 7.72. The number of ketones is 1. The van der Waals surface area contributed by atoms with Gasteiger partial charge < -0.3 is 20.5 Å². The fourth-order valence-corrected chi connectivity index (χ4v) is 6.33. The number of ether oxygens (including phenoxy) is 2. The summed E-state index contributed by atoms with van der Waals surface area (Å²) in [7, 11) is 2.42. The number of nitrogens with two attached hydrogens (primary N) is 1. The SMILES string of the molecule is COC(=O)c1ccc(C(=O)C[C@@H]2N[C@@]3(C(=O)Nc4cc(Cl)ccc43)[C@@H](c3cccc(Cl)c3F)[C@@H]2[N+](=O)[O-])c(N)c1OC. The van der Waals surface area contributed by atoms with Crippen LogP contribution in [-0.4, -0.2) is 48.9 Å². The number of amides is 1. The fourth-order valence-electron chi connectivity index (χ4n) is 5.98. The van der Waals surface area contributed by atoms with E-state index in [1.54, 1.807) is 0 Å². The maximum Gasteiger partial charge on any atom is 0.341 e. The number of nitrogens with zero attached hydrogens (tertiary/aromatic N) is 1. The van der Waals surface area contributed by atoms with E-state index in [1.807, 2.05) is 0 Å². The van der Waals surface area contributed by atoms with Crippen LogP contribution < -0.4 is 21.1 Å². The first-order chi connectivity index (χ1) is 20.0. The summed E-state index contributed by atoms with van der Waals surface area (Å²) < 4.78 is 25.5. The minimum Gasteiger partial charge on any atom is -0.494 e. The average molecular weight is 617 g/mol. The van der Waals surface area contributed by atoms with Gasteiger partial charge in [-0.1, -0.05) is 41.4 Å². The molecule has 0 unspecified atom stereocenters. The van der Waals surface area contributed by atoms with Gasteiger partial charge in [-0.25, -0.2) is 9.18 Å². The number of nitrogen functional groups attached to an aromatic ring is 1. The molecule has 1 amide bonds. The molecule has 0 aromatic heterocycles. The molecule has 1 spiro atoms. The van der Waals surface area contributed by atoms with Gasteiger partial charge >= 0.3 is 5.97 Å². The van der Waals surface area contributed by atoms with Crippen molar-refractivity contribution in [3.63, 3.8) is 0 Å². The van der Waals surface area contributed by atoms with Gasteiger partial charge in [0.1, 0.15) is 16.9 Å². The van der Waals surface area contributed by atoms with Gasteiger partial charge in [0.25, 0.3) is 0 Å². The quantitative estimate of drug-likeness (QED) is 0.115. The number of halogens is 3. The topological polar surface area (TPSA) is 163 Å². The Kier molecular flexibility index (Phi) is 7.56. The van der Waals surface area contributed by atoms with Crippen LogP contribution in [0.1, 0.15) is 44.2 Å². The predicted molar refractivity (Wildman–Crippen MR) is 151 cm³/mol. The molecule has 2 aliphatic rings. The molecule has 14 heteroatoms. The lowest BCUT2D eigenvalue weighted by atomic mass is 9.74. The first-order valence-electron chi connectivity index (χ1n) is 12.5. The molecule has 0 saturated carbocycles. The molecule has 1 saturated heterocycles. The highest BCUT2D eigenvalue weighted by molar-refractivity contribution is 6.31. The van der Waals surface area contributed by atoms with Crippen LogP contribution in [0.15, 0.2) is 48.5 Å². The van der Waals surface area contributed by atoms with Crippen LogP contribution in [0.3, 0.4) is 0 Å². The van der Waals surface area contributed by atoms with Crippen molar-refractivity contribution in [2.45, 2.75) is 30.0 Å². The number of carbonyl (C=O) groups is 3. The number of anilines is 2. The van der Waals surface area contributed by atoms with E-state index in [-0.39, 0.29) is 38.8 Å². The highest BCUT2D eigenvalue weighted by Crippen LogP contribution is 2.54. The summed E-state index contributed by atoms with van der Waals surface area (Å²) in [6, 6.07) is 8.16. The van der Waals surface area contributed by atoms with Gasteiger partial charge in [-0.05, 0) is 30.3 Å². The lowest BCUT2D eigenvalue weighted by Gasteiger charge is -2.30. The Bertz CT molecular complexity index is 1670. The van der Waals surface area contributed by atoms with Crippen LogP contribution in [0.5, 0.6) is 5.75 Å². The highest BCUT2D eigenvalue weighted by Gasteiger charge is 2.67. The van der Waals surface area contributed by atoms with Crippen molar-refractivity contribution in [1.82, 2.24) is 5.32 Å². The molecule has 218 valence electrons. The summed E-state index contributed by atoms with van der Waals surface area (Å²) in [6.45, 7) is 0. The molecule has 0 radical (unpaired) electrons. The zero-order valence-electron chi connectivity index (χ0n) is 22.1. The van der Waals surface area contributed by atoms with Crippen LogP contribution in [0.25, 0.3) is 0 Å². The standard InChI is InChI=1S/C28H23Cl2FN4O7/c1-41-25-15(26(37)42-2)8-7-13(23(25)32)20(36)11-19-24(35(39)40)21(14-4-3-5-17(30)22(14)31)28(34-19)16-9-6-12(29)10-18(16)33-27(28)38/h3-10,19,21,24,34H,11,32H2,1-2H3,(H,33,38)/t19-,21-,24+,28+/m0/s1. The van der Waals surface area contributed by atoms with Gasteiger partial charge in [0, 0.05) is 38.7 Å². The molecule has 3 aromatic rings. The van der Waals surface area contributed by atoms with Crippen molar-refractivity contribution in [2.24, 2.45) is 0 Å². The van der Waals surface area contributed by atoms with Gasteiger partial charge in [0.05, 0.1) is 36.9 Å². The molecule has 2 aliphatic heterocycles. The minimum atomic E-state index is -1.86. The Labute approximate surface area is 248 Å². The second kappa shape index (κ2) is 10.9. The molecule has 4 atom stereocenters. The van der Waals surface area contributed by atoms with Crippen molar-refractivity contribution < 1.29 is 33.2 Å². The summed E-state index contributed by atoms with van der Waals surface area (Å²) in [5.41, 5.74) is 4.46. The van der Waals surface area contributed by atoms with Gasteiger partial charge in [0.15, 0.2) is 11.5 Å². The third kappa shape index (κ3) is 4.42. The van der Waals surface area contributed by atoms with E-state index in [4.69, 9.17) is 38.4 Å². The number of benzene rings is 3. The molecule has 1 fully saturated rings. The largest absolute Gasteiger partial charge is 0.494 e. The van der Waals surface area contributed by atoms with E-state index in [0.29, 0.717) is 10.6 Å².